The molecule has 3 aliphatic rings. The van der Waals surface area contributed by atoms with Gasteiger partial charge in [-0.1, -0.05) is 0 Å². The predicted octanol–water partition coefficient (Wildman–Crippen LogP) is -0.942. The molecule has 3 aliphatic heterocycles. The number of rotatable bonds is 0. The van der Waals surface area contributed by atoms with Crippen LogP contribution in [0.4, 0.5) is 0 Å². The third kappa shape index (κ3) is 20.3. The number of hydrogen-bond donors (Lipinski definition) is 6. The van der Waals surface area contributed by atoms with Gasteiger partial charge in [0, 0.05) is 0 Å². The smallest absolute Gasteiger partial charge is 0.402 e. The van der Waals surface area contributed by atoms with Crippen molar-refractivity contribution in [2.75, 3.05) is 39.3 Å². The Bertz CT molecular complexity index is 115. The summed E-state index contributed by atoms with van der Waals surface area (Å²) in [5.41, 5.74) is 0. The fourth-order valence-electron chi connectivity index (χ4n) is 1.87. The minimum absolute atomic E-state index is 1.25. The van der Waals surface area contributed by atoms with Gasteiger partial charge < -0.3 is 31.0 Å². The van der Waals surface area contributed by atoms with Gasteiger partial charge in [0.1, 0.15) is 0 Å². The van der Waals surface area contributed by atoms with Crippen molar-refractivity contribution in [3.8, 4) is 0 Å². The van der Waals surface area contributed by atoms with Crippen LogP contribution in [0.25, 0.3) is 0 Å². The zero-order valence-electron chi connectivity index (χ0n) is 11.9. The second-order valence-electron chi connectivity index (χ2n) is 4.72. The second kappa shape index (κ2) is 15.9. The van der Waals surface area contributed by atoms with Gasteiger partial charge in [-0.05, 0) is 77.8 Å². The molecule has 0 amide bonds. The molecule has 19 heavy (non-hydrogen) atoms. The maximum atomic E-state index is 7.17. The van der Waals surface area contributed by atoms with E-state index in [-0.39, 0.29) is 0 Å². The van der Waals surface area contributed by atoms with Crippen LogP contribution in [0.15, 0.2) is 0 Å². The maximum absolute atomic E-state index is 7.17. The first kappa shape index (κ1) is 18.8. The van der Waals surface area contributed by atoms with Gasteiger partial charge in [0.15, 0.2) is 0 Å². The molecule has 7 heteroatoms. The Balaban J connectivity index is 0.000000229. The van der Waals surface area contributed by atoms with Gasteiger partial charge in [-0.2, -0.15) is 0 Å². The Morgan fingerprint density at radius 3 is 0.684 bits per heavy atom. The van der Waals surface area contributed by atoms with Crippen LogP contribution in [0.3, 0.4) is 0 Å². The van der Waals surface area contributed by atoms with Crippen molar-refractivity contribution in [1.82, 2.24) is 16.0 Å². The highest BCUT2D eigenvalue weighted by molar-refractivity contribution is 6.30. The molecule has 0 radical (unpaired) electrons. The van der Waals surface area contributed by atoms with Crippen molar-refractivity contribution < 1.29 is 15.1 Å². The predicted molar refractivity (Wildman–Crippen MR) is 78.7 cm³/mol. The summed E-state index contributed by atoms with van der Waals surface area (Å²) in [7, 11) is -2.17. The molecule has 114 valence electrons. The molecule has 0 aromatic carbocycles. The van der Waals surface area contributed by atoms with Gasteiger partial charge in [0.05, 0.1) is 0 Å². The third-order valence-corrected chi connectivity index (χ3v) is 2.87. The monoisotopic (exact) mass is 275 g/mol. The fourth-order valence-corrected chi connectivity index (χ4v) is 1.87. The van der Waals surface area contributed by atoms with Gasteiger partial charge in [0.25, 0.3) is 0 Å². The van der Waals surface area contributed by atoms with Crippen LogP contribution in [0, 0.1) is 0 Å². The van der Waals surface area contributed by atoms with Crippen LogP contribution in [0.1, 0.15) is 38.5 Å². The second-order valence-corrected chi connectivity index (χ2v) is 4.72. The van der Waals surface area contributed by atoms with E-state index in [1.165, 1.54) is 77.8 Å². The molecular formula is C12H30BN3O3. The molecule has 0 aliphatic carbocycles. The van der Waals surface area contributed by atoms with Gasteiger partial charge >= 0.3 is 7.32 Å². The first-order valence-corrected chi connectivity index (χ1v) is 7.40. The summed E-state index contributed by atoms with van der Waals surface area (Å²) in [5, 5.41) is 31.2. The Morgan fingerprint density at radius 1 is 0.474 bits per heavy atom. The highest BCUT2D eigenvalue weighted by Gasteiger charge is 1.94. The summed E-state index contributed by atoms with van der Waals surface area (Å²) in [6.45, 7) is 7.50. The van der Waals surface area contributed by atoms with Crippen molar-refractivity contribution in [2.24, 2.45) is 0 Å². The molecule has 3 heterocycles. The van der Waals surface area contributed by atoms with Crippen molar-refractivity contribution in [2.45, 2.75) is 38.5 Å². The molecule has 0 bridgehead atoms. The molecule has 0 aromatic heterocycles. The van der Waals surface area contributed by atoms with Crippen molar-refractivity contribution in [3.63, 3.8) is 0 Å². The third-order valence-electron chi connectivity index (χ3n) is 2.87. The van der Waals surface area contributed by atoms with E-state index in [0.29, 0.717) is 0 Å². The number of nitrogens with one attached hydrogen (secondary N) is 3. The lowest BCUT2D eigenvalue weighted by molar-refractivity contribution is 0.278. The highest BCUT2D eigenvalue weighted by atomic mass is 16.5. The van der Waals surface area contributed by atoms with Crippen molar-refractivity contribution in [3.05, 3.63) is 0 Å². The zero-order valence-corrected chi connectivity index (χ0v) is 11.9. The van der Waals surface area contributed by atoms with Gasteiger partial charge in [0.2, 0.25) is 0 Å². The molecule has 3 saturated heterocycles. The SMILES string of the molecule is C1CCNC1.C1CCNC1.C1CCNC1.OB(O)O. The quantitative estimate of drug-likeness (QED) is 0.319. The summed E-state index contributed by atoms with van der Waals surface area (Å²) >= 11 is 0. The first-order chi connectivity index (χ1) is 9.23. The molecule has 3 rings (SSSR count). The van der Waals surface area contributed by atoms with E-state index in [9.17, 15) is 0 Å². The summed E-state index contributed by atoms with van der Waals surface area (Å²) < 4.78 is 0. The van der Waals surface area contributed by atoms with Gasteiger partial charge in [-0.3, -0.25) is 0 Å². The largest absolute Gasteiger partial charge is 0.631 e. The molecule has 0 spiro atoms. The van der Waals surface area contributed by atoms with Crippen molar-refractivity contribution in [1.29, 1.82) is 0 Å². The van der Waals surface area contributed by atoms with Gasteiger partial charge in [-0.25, -0.2) is 0 Å². The maximum Gasteiger partial charge on any atom is 0.631 e. The minimum Gasteiger partial charge on any atom is -0.402 e. The lowest BCUT2D eigenvalue weighted by Gasteiger charge is -1.76. The lowest BCUT2D eigenvalue weighted by atomic mass is 10.3. The van der Waals surface area contributed by atoms with E-state index < -0.39 is 7.32 Å². The lowest BCUT2D eigenvalue weighted by Crippen LogP contribution is -2.07. The van der Waals surface area contributed by atoms with E-state index >= 15 is 0 Å². The summed E-state index contributed by atoms with van der Waals surface area (Å²) in [5.74, 6) is 0. The average Bonchev–Trinajstić information content (AvgIpc) is 3.18. The Kier molecular flexibility index (Phi) is 15.7. The van der Waals surface area contributed by atoms with Crippen LogP contribution in [0.5, 0.6) is 0 Å². The fraction of sp³-hybridized carbons (Fsp3) is 1.00. The molecule has 0 unspecified atom stereocenters. The topological polar surface area (TPSA) is 96.8 Å². The normalized spacial score (nSPS) is 20.4. The molecule has 6 N–H and O–H groups in total. The van der Waals surface area contributed by atoms with E-state index in [1.54, 1.807) is 0 Å². The van der Waals surface area contributed by atoms with Crippen LogP contribution in [-0.4, -0.2) is 61.7 Å². The van der Waals surface area contributed by atoms with E-state index in [4.69, 9.17) is 15.1 Å². The molecule has 3 fully saturated rings. The minimum atomic E-state index is -2.17. The van der Waals surface area contributed by atoms with E-state index in [1.807, 2.05) is 0 Å². The van der Waals surface area contributed by atoms with Crippen molar-refractivity contribution >= 4 is 7.32 Å². The average molecular weight is 275 g/mol. The standard InChI is InChI=1S/3C4H9N.BH3O3/c3*1-2-4-5-3-1;2-1(3)4/h3*5H,1-4H2;2-4H. The molecule has 0 aromatic rings. The number of hydrogen-bond acceptors (Lipinski definition) is 6. The highest BCUT2D eigenvalue weighted by Crippen LogP contribution is 1.91. The van der Waals surface area contributed by atoms with Crippen LogP contribution in [0.2, 0.25) is 0 Å². The van der Waals surface area contributed by atoms with Crippen LogP contribution >= 0.6 is 0 Å². The molecule has 0 saturated carbocycles. The first-order valence-electron chi connectivity index (χ1n) is 7.40. The van der Waals surface area contributed by atoms with E-state index in [2.05, 4.69) is 16.0 Å². The summed E-state index contributed by atoms with van der Waals surface area (Å²) in [6.07, 6.45) is 8.33. The zero-order chi connectivity index (χ0) is 14.2. The molecule has 0 atom stereocenters. The Morgan fingerprint density at radius 2 is 0.632 bits per heavy atom. The van der Waals surface area contributed by atoms with Crippen LogP contribution in [-0.2, 0) is 0 Å². The molecule has 6 nitrogen and oxygen atoms in total. The molecular weight excluding hydrogens is 245 g/mol. The summed E-state index contributed by atoms with van der Waals surface area (Å²) in [6, 6.07) is 0. The summed E-state index contributed by atoms with van der Waals surface area (Å²) in [4.78, 5) is 0. The van der Waals surface area contributed by atoms with Gasteiger partial charge in [-0.15, -0.1) is 0 Å². The Hall–Kier alpha value is -0.175. The Labute approximate surface area is 117 Å². The van der Waals surface area contributed by atoms with Crippen LogP contribution < -0.4 is 16.0 Å². The van der Waals surface area contributed by atoms with E-state index in [0.717, 1.165) is 0 Å².